The SMILES string of the molecule is Cc1cccc(C(=O)N2C[C@@H]3CNC[C@@H]3[C@@H]2c2ccccc2C)n1.Cl. The normalized spacial score (nSPS) is 24.7. The molecule has 1 aromatic heterocycles. The van der Waals surface area contributed by atoms with Gasteiger partial charge in [0.25, 0.3) is 5.91 Å². The van der Waals surface area contributed by atoms with E-state index >= 15 is 0 Å². The van der Waals surface area contributed by atoms with Crippen molar-refractivity contribution in [3.8, 4) is 0 Å². The first-order valence-electron chi connectivity index (χ1n) is 8.66. The lowest BCUT2D eigenvalue weighted by atomic mass is 9.87. The van der Waals surface area contributed by atoms with Crippen LogP contribution in [0.2, 0.25) is 0 Å². The third-order valence-electron chi connectivity index (χ3n) is 5.44. The molecule has 2 fully saturated rings. The summed E-state index contributed by atoms with van der Waals surface area (Å²) >= 11 is 0. The van der Waals surface area contributed by atoms with Crippen molar-refractivity contribution >= 4 is 18.3 Å². The standard InChI is InChI=1S/C20H23N3O.ClH/c1-13-6-3-4-8-16(13)19-17-11-21-10-15(17)12-23(19)20(24)18-9-5-7-14(2)22-18;/h3-9,15,17,19,21H,10-12H2,1-2H3;1H/t15-,17-,19-;/m0./s1. The van der Waals surface area contributed by atoms with E-state index in [1.165, 1.54) is 11.1 Å². The Balaban J connectivity index is 0.00000182. The second-order valence-corrected chi connectivity index (χ2v) is 7.01. The highest BCUT2D eigenvalue weighted by Crippen LogP contribution is 2.44. The minimum atomic E-state index is 0. The van der Waals surface area contributed by atoms with Crippen molar-refractivity contribution in [2.45, 2.75) is 19.9 Å². The van der Waals surface area contributed by atoms with Crippen molar-refractivity contribution in [3.63, 3.8) is 0 Å². The highest BCUT2D eigenvalue weighted by molar-refractivity contribution is 5.93. The fraction of sp³-hybridized carbons (Fsp3) is 0.400. The van der Waals surface area contributed by atoms with Crippen LogP contribution in [0.5, 0.6) is 0 Å². The Labute approximate surface area is 155 Å². The molecule has 1 aromatic carbocycles. The number of carbonyl (C=O) groups excluding carboxylic acids is 1. The molecule has 132 valence electrons. The van der Waals surface area contributed by atoms with Gasteiger partial charge in [-0.05, 0) is 43.0 Å². The van der Waals surface area contributed by atoms with Gasteiger partial charge in [0.2, 0.25) is 0 Å². The molecule has 0 bridgehead atoms. The smallest absolute Gasteiger partial charge is 0.272 e. The van der Waals surface area contributed by atoms with Gasteiger partial charge in [0.05, 0.1) is 6.04 Å². The first kappa shape index (κ1) is 17.9. The molecular formula is C20H24ClN3O. The van der Waals surface area contributed by atoms with Crippen LogP contribution in [0.15, 0.2) is 42.5 Å². The van der Waals surface area contributed by atoms with Gasteiger partial charge in [0, 0.05) is 31.2 Å². The zero-order valence-corrected chi connectivity index (χ0v) is 15.4. The van der Waals surface area contributed by atoms with Crippen molar-refractivity contribution in [2.75, 3.05) is 19.6 Å². The summed E-state index contributed by atoms with van der Waals surface area (Å²) in [5.74, 6) is 1.07. The average Bonchev–Trinajstić information content (AvgIpc) is 3.16. The van der Waals surface area contributed by atoms with Gasteiger partial charge in [-0.1, -0.05) is 30.3 Å². The van der Waals surface area contributed by atoms with E-state index in [1.807, 2.05) is 25.1 Å². The highest BCUT2D eigenvalue weighted by atomic mass is 35.5. The number of hydrogen-bond acceptors (Lipinski definition) is 3. The number of nitrogens with zero attached hydrogens (tertiary/aromatic N) is 2. The molecule has 0 saturated carbocycles. The zero-order chi connectivity index (χ0) is 16.7. The molecular weight excluding hydrogens is 334 g/mol. The number of rotatable bonds is 2. The maximum Gasteiger partial charge on any atom is 0.272 e. The number of pyridine rings is 1. The predicted octanol–water partition coefficient (Wildman–Crippen LogP) is 3.15. The molecule has 2 aliphatic rings. The number of likely N-dealkylation sites (tertiary alicyclic amines) is 1. The lowest BCUT2D eigenvalue weighted by Crippen LogP contribution is -2.35. The zero-order valence-electron chi connectivity index (χ0n) is 14.6. The molecule has 5 heteroatoms. The maximum atomic E-state index is 13.2. The molecule has 2 saturated heterocycles. The van der Waals surface area contributed by atoms with Gasteiger partial charge in [-0.3, -0.25) is 4.79 Å². The first-order chi connectivity index (χ1) is 11.6. The summed E-state index contributed by atoms with van der Waals surface area (Å²) in [5, 5.41) is 3.50. The molecule has 1 N–H and O–H groups in total. The molecule has 0 aliphatic carbocycles. The number of halogens is 1. The number of carbonyl (C=O) groups is 1. The Morgan fingerprint density at radius 1 is 1.12 bits per heavy atom. The summed E-state index contributed by atoms with van der Waals surface area (Å²) in [6.45, 7) is 6.86. The second-order valence-electron chi connectivity index (χ2n) is 7.01. The van der Waals surface area contributed by atoms with Crippen LogP contribution >= 0.6 is 12.4 Å². The topological polar surface area (TPSA) is 45.2 Å². The minimum Gasteiger partial charge on any atom is -0.330 e. The van der Waals surface area contributed by atoms with Crippen LogP contribution in [-0.4, -0.2) is 35.4 Å². The highest BCUT2D eigenvalue weighted by Gasteiger charge is 2.47. The fourth-order valence-corrected chi connectivity index (χ4v) is 4.26. The Morgan fingerprint density at radius 3 is 2.68 bits per heavy atom. The van der Waals surface area contributed by atoms with Crippen molar-refractivity contribution in [2.24, 2.45) is 11.8 Å². The van der Waals surface area contributed by atoms with Gasteiger partial charge < -0.3 is 10.2 Å². The number of nitrogens with one attached hydrogen (secondary N) is 1. The molecule has 25 heavy (non-hydrogen) atoms. The minimum absolute atomic E-state index is 0. The lowest BCUT2D eigenvalue weighted by Gasteiger charge is -2.29. The van der Waals surface area contributed by atoms with Crippen molar-refractivity contribution < 1.29 is 4.79 Å². The van der Waals surface area contributed by atoms with Crippen molar-refractivity contribution in [1.82, 2.24) is 15.2 Å². The van der Waals surface area contributed by atoms with Gasteiger partial charge in [0.15, 0.2) is 0 Å². The molecule has 2 aliphatic heterocycles. The molecule has 0 unspecified atom stereocenters. The van der Waals surface area contributed by atoms with E-state index < -0.39 is 0 Å². The predicted molar refractivity (Wildman–Crippen MR) is 101 cm³/mol. The monoisotopic (exact) mass is 357 g/mol. The molecule has 2 aromatic rings. The van der Waals surface area contributed by atoms with Crippen molar-refractivity contribution in [1.29, 1.82) is 0 Å². The Morgan fingerprint density at radius 2 is 1.92 bits per heavy atom. The summed E-state index contributed by atoms with van der Waals surface area (Å²) in [5.41, 5.74) is 3.97. The average molecular weight is 358 g/mol. The first-order valence-corrected chi connectivity index (χ1v) is 8.66. The summed E-state index contributed by atoms with van der Waals surface area (Å²) < 4.78 is 0. The van der Waals surface area contributed by atoms with Crippen LogP contribution in [0.1, 0.15) is 33.4 Å². The van der Waals surface area contributed by atoms with Crippen LogP contribution in [-0.2, 0) is 0 Å². The van der Waals surface area contributed by atoms with E-state index in [-0.39, 0.29) is 24.4 Å². The summed E-state index contributed by atoms with van der Waals surface area (Å²) in [6, 6.07) is 14.3. The van der Waals surface area contributed by atoms with Gasteiger partial charge in [-0.2, -0.15) is 0 Å². The number of fused-ring (bicyclic) bond motifs is 1. The number of benzene rings is 1. The lowest BCUT2D eigenvalue weighted by molar-refractivity contribution is 0.0707. The van der Waals surface area contributed by atoms with Crippen LogP contribution < -0.4 is 5.32 Å². The van der Waals surface area contributed by atoms with Gasteiger partial charge in [-0.25, -0.2) is 4.98 Å². The van der Waals surface area contributed by atoms with E-state index in [0.29, 0.717) is 17.5 Å². The van der Waals surface area contributed by atoms with Crippen LogP contribution in [0.4, 0.5) is 0 Å². The Kier molecular flexibility index (Phi) is 5.11. The fourth-order valence-electron chi connectivity index (χ4n) is 4.26. The van der Waals surface area contributed by atoms with Crippen molar-refractivity contribution in [3.05, 3.63) is 65.0 Å². The number of aromatic nitrogens is 1. The third-order valence-corrected chi connectivity index (χ3v) is 5.44. The van der Waals surface area contributed by atoms with Gasteiger partial charge in [0.1, 0.15) is 5.69 Å². The molecule has 3 heterocycles. The van der Waals surface area contributed by atoms with E-state index in [1.54, 1.807) is 0 Å². The van der Waals surface area contributed by atoms with E-state index in [2.05, 4.69) is 46.4 Å². The quantitative estimate of drug-likeness (QED) is 0.898. The molecule has 1 amide bonds. The van der Waals surface area contributed by atoms with Crippen LogP contribution in [0.3, 0.4) is 0 Å². The van der Waals surface area contributed by atoms with Gasteiger partial charge in [-0.15, -0.1) is 12.4 Å². The van der Waals surface area contributed by atoms with E-state index in [0.717, 1.165) is 25.3 Å². The summed E-state index contributed by atoms with van der Waals surface area (Å²) in [4.78, 5) is 19.7. The van der Waals surface area contributed by atoms with Crippen LogP contribution in [0.25, 0.3) is 0 Å². The molecule has 0 radical (unpaired) electrons. The number of hydrogen-bond donors (Lipinski definition) is 1. The van der Waals surface area contributed by atoms with Crippen LogP contribution in [0, 0.1) is 25.7 Å². The molecule has 3 atom stereocenters. The Hall–Kier alpha value is -1.91. The second kappa shape index (κ2) is 7.14. The summed E-state index contributed by atoms with van der Waals surface area (Å²) in [7, 11) is 0. The number of amides is 1. The molecule has 0 spiro atoms. The van der Waals surface area contributed by atoms with E-state index in [4.69, 9.17) is 0 Å². The largest absolute Gasteiger partial charge is 0.330 e. The van der Waals surface area contributed by atoms with Gasteiger partial charge >= 0.3 is 0 Å². The molecule has 4 nitrogen and oxygen atoms in total. The number of aryl methyl sites for hydroxylation is 2. The Bertz CT molecular complexity index is 779. The van der Waals surface area contributed by atoms with E-state index in [9.17, 15) is 4.79 Å². The molecule has 4 rings (SSSR count). The third kappa shape index (κ3) is 3.16. The summed E-state index contributed by atoms with van der Waals surface area (Å²) in [6.07, 6.45) is 0. The maximum absolute atomic E-state index is 13.2.